The smallest absolute Gasteiger partial charge is 0.353 e. The highest BCUT2D eigenvalue weighted by Crippen LogP contribution is 2.34. The summed E-state index contributed by atoms with van der Waals surface area (Å²) in [7, 11) is 0. The molecule has 0 fully saturated rings. The predicted molar refractivity (Wildman–Crippen MR) is 84.3 cm³/mol. The van der Waals surface area contributed by atoms with Crippen LogP contribution in [0.15, 0.2) is 10.7 Å². The highest BCUT2D eigenvalue weighted by atomic mass is 16.6. The number of aryl methyl sites for hydroxylation is 1. The quantitative estimate of drug-likeness (QED) is 0.383. The summed E-state index contributed by atoms with van der Waals surface area (Å²) >= 11 is 0. The topological polar surface area (TPSA) is 190 Å². The Hall–Kier alpha value is -3.70. The van der Waals surface area contributed by atoms with Crippen LogP contribution in [0, 0.1) is 17.0 Å². The van der Waals surface area contributed by atoms with Crippen molar-refractivity contribution < 1.29 is 23.7 Å². The fraction of sp³-hybridized carbons (Fsp3) is 0.231. The average molecular weight is 350 g/mol. The van der Waals surface area contributed by atoms with E-state index in [1.54, 1.807) is 6.92 Å². The maximum Gasteiger partial charge on any atom is 0.353 e. The Balaban J connectivity index is 2.57. The van der Waals surface area contributed by atoms with Gasteiger partial charge in [-0.3, -0.25) is 14.9 Å². The molecule has 2 rings (SSSR count). The van der Waals surface area contributed by atoms with Crippen molar-refractivity contribution in [2.45, 2.75) is 13.8 Å². The van der Waals surface area contributed by atoms with Crippen molar-refractivity contribution in [1.29, 1.82) is 0 Å². The van der Waals surface area contributed by atoms with Crippen LogP contribution in [0.2, 0.25) is 0 Å². The Kier molecular flexibility index (Phi) is 4.81. The van der Waals surface area contributed by atoms with Crippen LogP contribution < -0.4 is 16.8 Å². The number of nitrogens with one attached hydrogen (secondary N) is 1. The molecule has 12 nitrogen and oxygen atoms in total. The van der Waals surface area contributed by atoms with Crippen LogP contribution >= 0.6 is 0 Å². The van der Waals surface area contributed by atoms with E-state index in [1.807, 2.05) is 0 Å². The number of nitrogens with zero attached hydrogens (tertiary/aromatic N) is 3. The molecule has 0 bridgehead atoms. The van der Waals surface area contributed by atoms with Crippen molar-refractivity contribution >= 4 is 35.1 Å². The third-order valence-corrected chi connectivity index (χ3v) is 3.08. The lowest BCUT2D eigenvalue weighted by Crippen LogP contribution is -2.18. The Bertz CT molecular complexity index is 861. The standard InChI is InChI=1S/C13H14N6O6/c1-3-24-13(21)6-5(2)25-12(7(6)10(15)20)18-11-8(19(22)23)9(14)16-4-17-11/h4H,3H2,1-2H3,(H2,15,20)(H3,14,16,17,18). The maximum absolute atomic E-state index is 12.0. The van der Waals surface area contributed by atoms with E-state index in [0.29, 0.717) is 0 Å². The summed E-state index contributed by atoms with van der Waals surface area (Å²) < 4.78 is 10.2. The second-order valence-corrected chi connectivity index (χ2v) is 4.66. The molecule has 0 radical (unpaired) electrons. The number of nitrogen functional groups attached to an aromatic ring is 1. The highest BCUT2D eigenvalue weighted by Gasteiger charge is 2.30. The van der Waals surface area contributed by atoms with Crippen molar-refractivity contribution in [3.05, 3.63) is 33.3 Å². The van der Waals surface area contributed by atoms with Crippen molar-refractivity contribution in [3.63, 3.8) is 0 Å². The second-order valence-electron chi connectivity index (χ2n) is 4.66. The summed E-state index contributed by atoms with van der Waals surface area (Å²) in [6.45, 7) is 3.06. The molecule has 0 aliphatic rings. The normalized spacial score (nSPS) is 10.3. The Morgan fingerprint density at radius 3 is 2.64 bits per heavy atom. The zero-order valence-electron chi connectivity index (χ0n) is 13.2. The molecule has 132 valence electrons. The number of rotatable bonds is 6. The molecule has 0 spiro atoms. The minimum absolute atomic E-state index is 0.0411. The molecular weight excluding hydrogens is 336 g/mol. The maximum atomic E-state index is 12.0. The molecule has 0 saturated heterocycles. The van der Waals surface area contributed by atoms with Gasteiger partial charge in [0.25, 0.3) is 5.91 Å². The van der Waals surface area contributed by atoms with Crippen molar-refractivity contribution in [1.82, 2.24) is 9.97 Å². The predicted octanol–water partition coefficient (Wildman–Crippen LogP) is 0.888. The lowest BCUT2D eigenvalue weighted by Gasteiger charge is -2.06. The molecule has 0 aromatic carbocycles. The molecule has 2 heterocycles. The number of nitro groups is 1. The monoisotopic (exact) mass is 350 g/mol. The second kappa shape index (κ2) is 6.82. The number of carbonyl (C=O) groups is 2. The largest absolute Gasteiger partial charge is 0.462 e. The van der Waals surface area contributed by atoms with Crippen LogP contribution in [-0.2, 0) is 4.74 Å². The van der Waals surface area contributed by atoms with E-state index in [4.69, 9.17) is 20.6 Å². The van der Waals surface area contributed by atoms with Gasteiger partial charge in [0.1, 0.15) is 23.2 Å². The van der Waals surface area contributed by atoms with E-state index in [-0.39, 0.29) is 35.2 Å². The Morgan fingerprint density at radius 2 is 2.08 bits per heavy atom. The van der Waals surface area contributed by atoms with Crippen LogP contribution in [-0.4, -0.2) is 33.4 Å². The molecule has 2 aromatic heterocycles. The number of amides is 1. The first-order valence-corrected chi connectivity index (χ1v) is 6.90. The number of primary amides is 1. The number of esters is 1. The van der Waals surface area contributed by atoms with Gasteiger partial charge in [0.2, 0.25) is 17.5 Å². The number of hydrogen-bond acceptors (Lipinski definition) is 10. The fourth-order valence-electron chi connectivity index (χ4n) is 2.09. The van der Waals surface area contributed by atoms with Gasteiger partial charge in [-0.25, -0.2) is 14.8 Å². The minimum Gasteiger partial charge on any atom is -0.462 e. The summed E-state index contributed by atoms with van der Waals surface area (Å²) in [6.07, 6.45) is 0.983. The van der Waals surface area contributed by atoms with Crippen LogP contribution in [0.25, 0.3) is 0 Å². The van der Waals surface area contributed by atoms with E-state index in [1.165, 1.54) is 6.92 Å². The Labute approximate surface area is 140 Å². The zero-order valence-corrected chi connectivity index (χ0v) is 13.2. The van der Waals surface area contributed by atoms with Crippen molar-refractivity contribution in [3.8, 4) is 0 Å². The van der Waals surface area contributed by atoms with Gasteiger partial charge in [0.05, 0.1) is 11.5 Å². The molecule has 2 aromatic rings. The molecule has 12 heteroatoms. The molecule has 0 aliphatic heterocycles. The fourth-order valence-corrected chi connectivity index (χ4v) is 2.09. The molecule has 0 atom stereocenters. The van der Waals surface area contributed by atoms with Gasteiger partial charge in [-0.2, -0.15) is 0 Å². The zero-order chi connectivity index (χ0) is 18.7. The van der Waals surface area contributed by atoms with Gasteiger partial charge >= 0.3 is 11.7 Å². The van der Waals surface area contributed by atoms with Gasteiger partial charge in [-0.05, 0) is 13.8 Å². The number of ether oxygens (including phenoxy) is 1. The van der Waals surface area contributed by atoms with Crippen LogP contribution in [0.5, 0.6) is 0 Å². The van der Waals surface area contributed by atoms with Gasteiger partial charge < -0.3 is 25.9 Å². The molecule has 25 heavy (non-hydrogen) atoms. The van der Waals surface area contributed by atoms with E-state index in [0.717, 1.165) is 6.33 Å². The van der Waals surface area contributed by atoms with E-state index < -0.39 is 28.3 Å². The number of nitrogens with two attached hydrogens (primary N) is 2. The van der Waals surface area contributed by atoms with Gasteiger partial charge in [0, 0.05) is 0 Å². The number of hydrogen-bond donors (Lipinski definition) is 3. The van der Waals surface area contributed by atoms with Crippen LogP contribution in [0.1, 0.15) is 33.4 Å². The summed E-state index contributed by atoms with van der Waals surface area (Å²) in [5.74, 6) is -2.79. The Morgan fingerprint density at radius 1 is 1.40 bits per heavy atom. The summed E-state index contributed by atoms with van der Waals surface area (Å²) in [6, 6.07) is 0. The number of carbonyl (C=O) groups excluding carboxylic acids is 2. The summed E-state index contributed by atoms with van der Waals surface area (Å²) in [4.78, 5) is 41.3. The number of anilines is 3. The van der Waals surface area contributed by atoms with E-state index in [9.17, 15) is 19.7 Å². The SMILES string of the molecule is CCOC(=O)c1c(C)oc(Nc2ncnc(N)c2[N+](=O)[O-])c1C(N)=O. The first-order chi connectivity index (χ1) is 11.8. The molecule has 0 unspecified atom stereocenters. The molecule has 5 N–H and O–H groups in total. The minimum atomic E-state index is -0.993. The van der Waals surface area contributed by atoms with Gasteiger partial charge in [-0.1, -0.05) is 0 Å². The van der Waals surface area contributed by atoms with Gasteiger partial charge in [0.15, 0.2) is 0 Å². The van der Waals surface area contributed by atoms with Crippen LogP contribution in [0.3, 0.4) is 0 Å². The third-order valence-electron chi connectivity index (χ3n) is 3.08. The third kappa shape index (κ3) is 3.31. The summed E-state index contributed by atoms with van der Waals surface area (Å²) in [5, 5.41) is 13.6. The lowest BCUT2D eigenvalue weighted by atomic mass is 10.1. The first kappa shape index (κ1) is 17.7. The summed E-state index contributed by atoms with van der Waals surface area (Å²) in [5.41, 5.74) is 9.66. The molecule has 0 saturated carbocycles. The van der Waals surface area contributed by atoms with Crippen molar-refractivity contribution in [2.75, 3.05) is 17.7 Å². The van der Waals surface area contributed by atoms with E-state index >= 15 is 0 Å². The highest BCUT2D eigenvalue weighted by molar-refractivity contribution is 6.09. The molecule has 1 amide bonds. The number of furan rings is 1. The number of aromatic nitrogens is 2. The first-order valence-electron chi connectivity index (χ1n) is 6.90. The van der Waals surface area contributed by atoms with E-state index in [2.05, 4.69) is 15.3 Å². The van der Waals surface area contributed by atoms with Crippen molar-refractivity contribution in [2.24, 2.45) is 5.73 Å². The van der Waals surface area contributed by atoms with Crippen LogP contribution in [0.4, 0.5) is 23.2 Å². The molecule has 0 aliphatic carbocycles. The average Bonchev–Trinajstić information content (AvgIpc) is 2.83. The lowest BCUT2D eigenvalue weighted by molar-refractivity contribution is -0.383. The molecular formula is C13H14N6O6. The van der Waals surface area contributed by atoms with Gasteiger partial charge in [-0.15, -0.1) is 0 Å².